The second kappa shape index (κ2) is 14.3. The van der Waals surface area contributed by atoms with Gasteiger partial charge in [-0.2, -0.15) is 0 Å². The molecule has 0 N–H and O–H groups in total. The van der Waals surface area contributed by atoms with E-state index in [1.807, 2.05) is 12.1 Å². The van der Waals surface area contributed by atoms with E-state index in [-0.39, 0.29) is 0 Å². The Morgan fingerprint density at radius 2 is 1.31 bits per heavy atom. The van der Waals surface area contributed by atoms with Gasteiger partial charge in [0.15, 0.2) is 0 Å². The maximum absolute atomic E-state index is 6.04. The standard InChI is InChI=1S/C32H40N2O2/c1-26-10-18-30(32(24-26)36-23-21-34(4)5)19-17-28-13-11-27(12-14-28)15-16-29-8-6-9-31(25-29)35-22-7-20-33(2)3/h6,8-19,24-25H,7,20-23H2,1-5H3. The Balaban J connectivity index is 1.59. The molecular weight excluding hydrogens is 444 g/mol. The van der Waals surface area contributed by atoms with Crippen molar-refractivity contribution in [3.63, 3.8) is 0 Å². The van der Waals surface area contributed by atoms with Gasteiger partial charge in [0.05, 0.1) is 6.61 Å². The summed E-state index contributed by atoms with van der Waals surface area (Å²) in [5.74, 6) is 1.84. The summed E-state index contributed by atoms with van der Waals surface area (Å²) in [7, 11) is 8.27. The largest absolute Gasteiger partial charge is 0.494 e. The van der Waals surface area contributed by atoms with Crippen LogP contribution in [-0.4, -0.2) is 64.3 Å². The van der Waals surface area contributed by atoms with E-state index in [0.29, 0.717) is 6.61 Å². The van der Waals surface area contributed by atoms with Gasteiger partial charge in [-0.3, -0.25) is 0 Å². The first-order valence-corrected chi connectivity index (χ1v) is 12.6. The van der Waals surface area contributed by atoms with Gasteiger partial charge < -0.3 is 19.3 Å². The molecule has 0 radical (unpaired) electrons. The maximum Gasteiger partial charge on any atom is 0.126 e. The number of hydrogen-bond acceptors (Lipinski definition) is 4. The fourth-order valence-electron chi connectivity index (χ4n) is 3.62. The molecule has 0 atom stereocenters. The van der Waals surface area contributed by atoms with Crippen LogP contribution >= 0.6 is 0 Å². The van der Waals surface area contributed by atoms with E-state index in [1.165, 1.54) is 5.56 Å². The molecule has 0 bridgehead atoms. The number of ether oxygens (including phenoxy) is 2. The zero-order valence-electron chi connectivity index (χ0n) is 22.4. The molecule has 0 aliphatic carbocycles. The van der Waals surface area contributed by atoms with E-state index < -0.39 is 0 Å². The fraction of sp³-hybridized carbons (Fsp3) is 0.312. The lowest BCUT2D eigenvalue weighted by molar-refractivity contribution is 0.261. The average molecular weight is 485 g/mol. The highest BCUT2D eigenvalue weighted by Crippen LogP contribution is 2.23. The molecule has 0 saturated carbocycles. The number of hydrogen-bond donors (Lipinski definition) is 0. The third-order valence-electron chi connectivity index (χ3n) is 5.70. The van der Waals surface area contributed by atoms with Crippen LogP contribution in [0.1, 0.15) is 34.2 Å². The Morgan fingerprint density at radius 1 is 0.639 bits per heavy atom. The van der Waals surface area contributed by atoms with Crippen molar-refractivity contribution in [2.24, 2.45) is 0 Å². The summed E-state index contributed by atoms with van der Waals surface area (Å²) in [6.45, 7) is 5.41. The number of rotatable bonds is 13. The highest BCUT2D eigenvalue weighted by atomic mass is 16.5. The van der Waals surface area contributed by atoms with E-state index in [4.69, 9.17) is 9.47 Å². The minimum atomic E-state index is 0.670. The van der Waals surface area contributed by atoms with Crippen LogP contribution in [0.2, 0.25) is 0 Å². The summed E-state index contributed by atoms with van der Waals surface area (Å²) >= 11 is 0. The highest BCUT2D eigenvalue weighted by Gasteiger charge is 2.03. The molecule has 0 saturated heterocycles. The molecule has 0 fully saturated rings. The summed E-state index contributed by atoms with van der Waals surface area (Å²) in [5, 5.41) is 0. The maximum atomic E-state index is 6.04. The van der Waals surface area contributed by atoms with Crippen molar-refractivity contribution in [1.29, 1.82) is 0 Å². The topological polar surface area (TPSA) is 24.9 Å². The average Bonchev–Trinajstić information content (AvgIpc) is 2.85. The van der Waals surface area contributed by atoms with Crippen LogP contribution in [0.3, 0.4) is 0 Å². The van der Waals surface area contributed by atoms with Crippen molar-refractivity contribution < 1.29 is 9.47 Å². The molecule has 0 aliphatic heterocycles. The first-order chi connectivity index (χ1) is 17.4. The van der Waals surface area contributed by atoms with E-state index in [0.717, 1.165) is 59.9 Å². The number of benzene rings is 3. The minimum absolute atomic E-state index is 0.670. The van der Waals surface area contributed by atoms with Gasteiger partial charge in [0.2, 0.25) is 0 Å². The molecule has 190 valence electrons. The molecule has 3 rings (SSSR count). The molecule has 0 unspecified atom stereocenters. The van der Waals surface area contributed by atoms with Gasteiger partial charge in [-0.15, -0.1) is 0 Å². The monoisotopic (exact) mass is 484 g/mol. The predicted molar refractivity (Wildman–Crippen MR) is 155 cm³/mol. The highest BCUT2D eigenvalue weighted by molar-refractivity contribution is 5.74. The molecule has 3 aromatic carbocycles. The summed E-state index contributed by atoms with van der Waals surface area (Å²) in [5.41, 5.74) is 5.73. The lowest BCUT2D eigenvalue weighted by Gasteiger charge is -2.13. The van der Waals surface area contributed by atoms with E-state index in [9.17, 15) is 0 Å². The Bertz CT molecular complexity index is 1130. The third-order valence-corrected chi connectivity index (χ3v) is 5.70. The fourth-order valence-corrected chi connectivity index (χ4v) is 3.62. The van der Waals surface area contributed by atoms with Crippen molar-refractivity contribution >= 4 is 24.3 Å². The van der Waals surface area contributed by atoms with Gasteiger partial charge in [0.25, 0.3) is 0 Å². The molecule has 0 heterocycles. The Morgan fingerprint density at radius 3 is 2.00 bits per heavy atom. The lowest BCUT2D eigenvalue weighted by Crippen LogP contribution is -2.19. The Hall–Kier alpha value is -3.34. The van der Waals surface area contributed by atoms with Crippen LogP contribution in [0.5, 0.6) is 11.5 Å². The Kier molecular flexibility index (Phi) is 10.8. The van der Waals surface area contributed by atoms with Crippen LogP contribution in [-0.2, 0) is 0 Å². The van der Waals surface area contributed by atoms with Crippen molar-refractivity contribution in [2.75, 3.05) is 54.5 Å². The smallest absolute Gasteiger partial charge is 0.126 e. The van der Waals surface area contributed by atoms with Crippen molar-refractivity contribution in [3.05, 3.63) is 94.5 Å². The number of likely N-dealkylation sites (N-methyl/N-ethyl adjacent to an activating group) is 1. The quantitative estimate of drug-likeness (QED) is 0.201. The van der Waals surface area contributed by atoms with Gasteiger partial charge >= 0.3 is 0 Å². The summed E-state index contributed by atoms with van der Waals surface area (Å²) in [4.78, 5) is 4.30. The minimum Gasteiger partial charge on any atom is -0.494 e. The number of nitrogens with zero attached hydrogens (tertiary/aromatic N) is 2. The lowest BCUT2D eigenvalue weighted by atomic mass is 10.1. The molecule has 0 aromatic heterocycles. The van der Waals surface area contributed by atoms with Crippen LogP contribution in [0.25, 0.3) is 24.3 Å². The SMILES string of the molecule is Cc1ccc(C=Cc2ccc(C=Cc3cccc(OCCCN(C)C)c3)cc2)c(OCCN(C)C)c1. The molecule has 4 nitrogen and oxygen atoms in total. The zero-order chi connectivity index (χ0) is 25.8. The third kappa shape index (κ3) is 9.73. The molecule has 0 aliphatic rings. The van der Waals surface area contributed by atoms with E-state index >= 15 is 0 Å². The zero-order valence-corrected chi connectivity index (χ0v) is 22.4. The normalized spacial score (nSPS) is 11.8. The second-order valence-electron chi connectivity index (χ2n) is 9.60. The van der Waals surface area contributed by atoms with Crippen LogP contribution < -0.4 is 9.47 Å². The van der Waals surface area contributed by atoms with E-state index in [2.05, 4.69) is 124 Å². The van der Waals surface area contributed by atoms with Crippen molar-refractivity contribution in [2.45, 2.75) is 13.3 Å². The predicted octanol–water partition coefficient (Wildman–Crippen LogP) is 6.61. The first-order valence-electron chi connectivity index (χ1n) is 12.6. The Labute approximate surface area is 217 Å². The summed E-state index contributed by atoms with van der Waals surface area (Å²) < 4.78 is 11.9. The number of aryl methyl sites for hydroxylation is 1. The van der Waals surface area contributed by atoms with E-state index in [1.54, 1.807) is 0 Å². The van der Waals surface area contributed by atoms with Crippen molar-refractivity contribution in [1.82, 2.24) is 9.80 Å². The summed E-state index contributed by atoms with van der Waals surface area (Å²) in [6.07, 6.45) is 9.53. The molecule has 3 aromatic rings. The van der Waals surface area contributed by atoms with Crippen molar-refractivity contribution in [3.8, 4) is 11.5 Å². The van der Waals surface area contributed by atoms with Gasteiger partial charge in [-0.1, -0.05) is 72.8 Å². The van der Waals surface area contributed by atoms with Crippen LogP contribution in [0, 0.1) is 6.92 Å². The van der Waals surface area contributed by atoms with Gasteiger partial charge in [0.1, 0.15) is 18.1 Å². The molecule has 0 amide bonds. The molecule has 0 spiro atoms. The van der Waals surface area contributed by atoms with Gasteiger partial charge in [-0.25, -0.2) is 0 Å². The molecular formula is C32H40N2O2. The summed E-state index contributed by atoms with van der Waals surface area (Å²) in [6, 6.07) is 23.1. The van der Waals surface area contributed by atoms with Gasteiger partial charge in [0, 0.05) is 18.7 Å². The molecule has 36 heavy (non-hydrogen) atoms. The second-order valence-corrected chi connectivity index (χ2v) is 9.60. The van der Waals surface area contributed by atoms with Crippen LogP contribution in [0.4, 0.5) is 0 Å². The molecule has 4 heteroatoms. The van der Waals surface area contributed by atoms with Crippen LogP contribution in [0.15, 0.2) is 66.7 Å². The van der Waals surface area contributed by atoms with Gasteiger partial charge in [-0.05, 0) is 82.0 Å². The first kappa shape index (κ1) is 27.3.